The lowest BCUT2D eigenvalue weighted by Crippen LogP contribution is -2.24. The van der Waals surface area contributed by atoms with Crippen molar-refractivity contribution < 1.29 is 0 Å². The van der Waals surface area contributed by atoms with Gasteiger partial charge < -0.3 is 5.32 Å². The van der Waals surface area contributed by atoms with E-state index in [2.05, 4.69) is 94.3 Å². The van der Waals surface area contributed by atoms with Crippen LogP contribution in [0.5, 0.6) is 0 Å². The fraction of sp³-hybridized carbons (Fsp3) is 0.333. The normalized spacial score (nSPS) is 12.4. The predicted octanol–water partition coefficient (Wildman–Crippen LogP) is 5.92. The molecule has 1 atom stereocenters. The summed E-state index contributed by atoms with van der Waals surface area (Å²) in [5.41, 5.74) is 5.26. The van der Waals surface area contributed by atoms with Crippen molar-refractivity contribution in [2.75, 3.05) is 6.54 Å². The number of halogens is 2. The molecular formula is C18H21Br2N. The lowest BCUT2D eigenvalue weighted by atomic mass is 9.93. The molecule has 21 heavy (non-hydrogen) atoms. The Hall–Kier alpha value is -0.640. The number of benzene rings is 2. The Morgan fingerprint density at radius 3 is 2.33 bits per heavy atom. The van der Waals surface area contributed by atoms with Gasteiger partial charge in [-0.2, -0.15) is 0 Å². The van der Waals surface area contributed by atoms with Gasteiger partial charge in [-0.15, -0.1) is 0 Å². The van der Waals surface area contributed by atoms with Gasteiger partial charge in [-0.3, -0.25) is 0 Å². The average molecular weight is 411 g/mol. The van der Waals surface area contributed by atoms with Gasteiger partial charge in [0, 0.05) is 8.95 Å². The number of aryl methyl sites for hydroxylation is 2. The molecule has 2 aromatic rings. The Morgan fingerprint density at radius 1 is 1.00 bits per heavy atom. The van der Waals surface area contributed by atoms with Gasteiger partial charge in [-0.05, 0) is 55.6 Å². The van der Waals surface area contributed by atoms with Crippen LogP contribution in [-0.2, 0) is 0 Å². The third kappa shape index (κ3) is 4.18. The van der Waals surface area contributed by atoms with Crippen LogP contribution in [0.2, 0.25) is 0 Å². The minimum atomic E-state index is 0.216. The van der Waals surface area contributed by atoms with Crippen molar-refractivity contribution in [2.24, 2.45) is 0 Å². The monoisotopic (exact) mass is 409 g/mol. The summed E-state index contributed by atoms with van der Waals surface area (Å²) >= 11 is 7.23. The van der Waals surface area contributed by atoms with Gasteiger partial charge in [0.05, 0.1) is 6.04 Å². The Kier molecular flexibility index (Phi) is 6.03. The summed E-state index contributed by atoms with van der Waals surface area (Å²) in [7, 11) is 0. The Morgan fingerprint density at radius 2 is 1.71 bits per heavy atom. The van der Waals surface area contributed by atoms with Gasteiger partial charge >= 0.3 is 0 Å². The van der Waals surface area contributed by atoms with Crippen LogP contribution in [0.4, 0.5) is 0 Å². The Labute approximate surface area is 144 Å². The molecule has 0 amide bonds. The molecule has 0 aromatic heterocycles. The summed E-state index contributed by atoms with van der Waals surface area (Å²) in [4.78, 5) is 0. The van der Waals surface area contributed by atoms with Crippen molar-refractivity contribution in [2.45, 2.75) is 33.2 Å². The molecule has 0 fully saturated rings. The van der Waals surface area contributed by atoms with Crippen LogP contribution < -0.4 is 5.32 Å². The molecule has 1 unspecified atom stereocenters. The maximum Gasteiger partial charge on any atom is 0.0590 e. The van der Waals surface area contributed by atoms with E-state index in [0.717, 1.165) is 21.9 Å². The number of nitrogens with one attached hydrogen (secondary N) is 1. The van der Waals surface area contributed by atoms with E-state index in [0.29, 0.717) is 0 Å². The largest absolute Gasteiger partial charge is 0.306 e. The molecule has 2 aromatic carbocycles. The first kappa shape index (κ1) is 16.7. The van der Waals surface area contributed by atoms with Crippen molar-refractivity contribution in [1.29, 1.82) is 0 Å². The van der Waals surface area contributed by atoms with Gasteiger partial charge in [0.25, 0.3) is 0 Å². The van der Waals surface area contributed by atoms with Gasteiger partial charge in [0.1, 0.15) is 0 Å². The lowest BCUT2D eigenvalue weighted by molar-refractivity contribution is 0.594. The maximum atomic E-state index is 3.71. The molecule has 0 aliphatic heterocycles. The van der Waals surface area contributed by atoms with Crippen LogP contribution in [0.25, 0.3) is 0 Å². The van der Waals surface area contributed by atoms with E-state index in [1.165, 1.54) is 22.3 Å². The summed E-state index contributed by atoms with van der Waals surface area (Å²) in [6.45, 7) is 7.53. The molecule has 0 heterocycles. The SMILES string of the molecule is CCCNC(c1ccc(C)cc1C)c1ccc(Br)cc1Br. The van der Waals surface area contributed by atoms with Crippen LogP contribution >= 0.6 is 31.9 Å². The minimum Gasteiger partial charge on any atom is -0.306 e. The summed E-state index contributed by atoms with van der Waals surface area (Å²) in [5.74, 6) is 0. The average Bonchev–Trinajstić information content (AvgIpc) is 2.42. The zero-order chi connectivity index (χ0) is 15.4. The predicted molar refractivity (Wildman–Crippen MR) is 97.9 cm³/mol. The highest BCUT2D eigenvalue weighted by Crippen LogP contribution is 2.32. The third-order valence-electron chi connectivity index (χ3n) is 3.61. The van der Waals surface area contributed by atoms with Gasteiger partial charge in [-0.1, -0.05) is 68.6 Å². The fourth-order valence-corrected chi connectivity index (χ4v) is 3.84. The van der Waals surface area contributed by atoms with E-state index in [1.54, 1.807) is 0 Å². The van der Waals surface area contributed by atoms with E-state index in [9.17, 15) is 0 Å². The second kappa shape index (κ2) is 7.57. The Balaban J connectivity index is 2.46. The van der Waals surface area contributed by atoms with E-state index in [-0.39, 0.29) is 6.04 Å². The summed E-state index contributed by atoms with van der Waals surface area (Å²) in [5, 5.41) is 3.68. The van der Waals surface area contributed by atoms with Crippen LogP contribution in [0.1, 0.15) is 41.6 Å². The smallest absolute Gasteiger partial charge is 0.0590 e. The molecule has 1 nitrogen and oxygen atoms in total. The molecule has 112 valence electrons. The first-order chi connectivity index (χ1) is 10.0. The highest BCUT2D eigenvalue weighted by molar-refractivity contribution is 9.11. The highest BCUT2D eigenvalue weighted by atomic mass is 79.9. The second-order valence-electron chi connectivity index (χ2n) is 5.41. The number of rotatable bonds is 5. The van der Waals surface area contributed by atoms with Crippen molar-refractivity contribution in [3.05, 3.63) is 67.6 Å². The van der Waals surface area contributed by atoms with Crippen LogP contribution in [-0.4, -0.2) is 6.54 Å². The standard InChI is InChI=1S/C18H21Br2N/c1-4-9-21-18(15-7-5-12(2)10-13(15)3)16-8-6-14(19)11-17(16)20/h5-8,10-11,18,21H,4,9H2,1-3H3. The lowest BCUT2D eigenvalue weighted by Gasteiger charge is -2.23. The maximum absolute atomic E-state index is 3.71. The molecule has 0 aliphatic rings. The fourth-order valence-electron chi connectivity index (χ4n) is 2.56. The van der Waals surface area contributed by atoms with Crippen LogP contribution in [0, 0.1) is 13.8 Å². The molecule has 0 aliphatic carbocycles. The minimum absolute atomic E-state index is 0.216. The topological polar surface area (TPSA) is 12.0 Å². The molecule has 0 saturated heterocycles. The van der Waals surface area contributed by atoms with Gasteiger partial charge in [-0.25, -0.2) is 0 Å². The van der Waals surface area contributed by atoms with Crippen molar-refractivity contribution >= 4 is 31.9 Å². The molecule has 2 rings (SSSR count). The van der Waals surface area contributed by atoms with E-state index >= 15 is 0 Å². The Bertz CT molecular complexity index is 571. The highest BCUT2D eigenvalue weighted by Gasteiger charge is 2.18. The van der Waals surface area contributed by atoms with E-state index in [1.807, 2.05) is 0 Å². The summed E-state index contributed by atoms with van der Waals surface area (Å²) < 4.78 is 2.22. The quantitative estimate of drug-likeness (QED) is 0.645. The molecule has 0 bridgehead atoms. The molecule has 0 radical (unpaired) electrons. The number of hydrogen-bond donors (Lipinski definition) is 1. The van der Waals surface area contributed by atoms with Crippen molar-refractivity contribution in [1.82, 2.24) is 5.32 Å². The number of hydrogen-bond acceptors (Lipinski definition) is 1. The van der Waals surface area contributed by atoms with E-state index in [4.69, 9.17) is 0 Å². The molecule has 0 saturated carbocycles. The van der Waals surface area contributed by atoms with E-state index < -0.39 is 0 Å². The van der Waals surface area contributed by atoms with Crippen molar-refractivity contribution in [3.63, 3.8) is 0 Å². The summed E-state index contributed by atoms with van der Waals surface area (Å²) in [6.07, 6.45) is 1.12. The summed E-state index contributed by atoms with van der Waals surface area (Å²) in [6, 6.07) is 13.3. The zero-order valence-corrected chi connectivity index (χ0v) is 15.9. The molecular weight excluding hydrogens is 390 g/mol. The van der Waals surface area contributed by atoms with Crippen molar-refractivity contribution in [3.8, 4) is 0 Å². The first-order valence-electron chi connectivity index (χ1n) is 7.28. The van der Waals surface area contributed by atoms with Gasteiger partial charge in [0.15, 0.2) is 0 Å². The van der Waals surface area contributed by atoms with Crippen LogP contribution in [0.3, 0.4) is 0 Å². The second-order valence-corrected chi connectivity index (χ2v) is 7.18. The van der Waals surface area contributed by atoms with Gasteiger partial charge in [0.2, 0.25) is 0 Å². The zero-order valence-electron chi connectivity index (χ0n) is 12.7. The first-order valence-corrected chi connectivity index (χ1v) is 8.87. The molecule has 0 spiro atoms. The molecule has 3 heteroatoms. The molecule has 1 N–H and O–H groups in total. The van der Waals surface area contributed by atoms with Crippen LogP contribution in [0.15, 0.2) is 45.3 Å². The third-order valence-corrected chi connectivity index (χ3v) is 4.79.